The Hall–Kier alpha value is -3.19. The third-order valence-electron chi connectivity index (χ3n) is 6.05. The van der Waals surface area contributed by atoms with Crippen LogP contribution in [0.15, 0.2) is 48.8 Å². The largest absolute Gasteiger partial charge is 0.357 e. The van der Waals surface area contributed by atoms with Crippen LogP contribution in [0.1, 0.15) is 44.4 Å². The lowest BCUT2D eigenvalue weighted by Gasteiger charge is -2.35. The summed E-state index contributed by atoms with van der Waals surface area (Å²) in [7, 11) is 0. The molecule has 1 N–H and O–H groups in total. The number of benzene rings is 1. The summed E-state index contributed by atoms with van der Waals surface area (Å²) in [5, 5.41) is 0.685. The van der Waals surface area contributed by atoms with E-state index < -0.39 is 0 Å². The molecule has 7 nitrogen and oxygen atoms in total. The first-order valence-electron chi connectivity index (χ1n) is 10.4. The fourth-order valence-electron chi connectivity index (χ4n) is 4.30. The van der Waals surface area contributed by atoms with E-state index in [1.54, 1.807) is 18.5 Å². The zero-order valence-electron chi connectivity index (χ0n) is 16.9. The number of nitrogens with one attached hydrogen (secondary N) is 1. The van der Waals surface area contributed by atoms with Crippen molar-refractivity contribution in [1.82, 2.24) is 19.9 Å². The molecule has 0 spiro atoms. The van der Waals surface area contributed by atoms with Gasteiger partial charge in [-0.25, -0.2) is 9.97 Å². The normalized spacial score (nSPS) is 18.7. The van der Waals surface area contributed by atoms with Gasteiger partial charge in [0.1, 0.15) is 5.69 Å². The third-order valence-corrected chi connectivity index (χ3v) is 6.30. The summed E-state index contributed by atoms with van der Waals surface area (Å²) < 4.78 is 0. The van der Waals surface area contributed by atoms with Crippen molar-refractivity contribution in [1.29, 1.82) is 0 Å². The van der Waals surface area contributed by atoms with Gasteiger partial charge in [0.05, 0.1) is 11.3 Å². The molecule has 1 unspecified atom stereocenters. The first-order valence-corrected chi connectivity index (χ1v) is 10.8. The number of piperazine rings is 1. The number of rotatable bonds is 3. The Morgan fingerprint density at radius 2 is 1.84 bits per heavy atom. The van der Waals surface area contributed by atoms with E-state index in [1.807, 2.05) is 35.2 Å². The van der Waals surface area contributed by atoms with Crippen LogP contribution in [0.25, 0.3) is 0 Å². The second-order valence-electron chi connectivity index (χ2n) is 7.97. The molecular weight excluding hydrogens is 414 g/mol. The van der Waals surface area contributed by atoms with Gasteiger partial charge in [0.25, 0.3) is 5.91 Å². The average Bonchev–Trinajstić information content (AvgIpc) is 3.34. The second-order valence-corrected chi connectivity index (χ2v) is 8.41. The molecule has 0 radical (unpaired) electrons. The van der Waals surface area contributed by atoms with Crippen LogP contribution < -0.4 is 4.90 Å². The number of carbonyl (C=O) groups is 2. The molecule has 1 aromatic carbocycles. The number of aromatic amines is 1. The minimum absolute atomic E-state index is 0.00686. The molecule has 158 valence electrons. The van der Waals surface area contributed by atoms with Crippen LogP contribution in [0.3, 0.4) is 0 Å². The van der Waals surface area contributed by atoms with E-state index in [-0.39, 0.29) is 17.6 Å². The van der Waals surface area contributed by atoms with Gasteiger partial charge in [-0.05, 0) is 42.2 Å². The van der Waals surface area contributed by atoms with Crippen molar-refractivity contribution >= 4 is 29.2 Å². The van der Waals surface area contributed by atoms with Gasteiger partial charge in [0, 0.05) is 50.0 Å². The van der Waals surface area contributed by atoms with Crippen molar-refractivity contribution in [2.24, 2.45) is 0 Å². The molecule has 0 bridgehead atoms. The molecule has 0 saturated carbocycles. The second kappa shape index (κ2) is 8.15. The van der Waals surface area contributed by atoms with Gasteiger partial charge in [0.15, 0.2) is 5.78 Å². The van der Waals surface area contributed by atoms with E-state index in [4.69, 9.17) is 16.6 Å². The SMILES string of the molecule is O=C1CC(c2ccc(Cl)cc2)Cc2nc(N3CCN(C(=O)c4ccc[nH]4)CC3)ncc21. The van der Waals surface area contributed by atoms with Gasteiger partial charge in [-0.15, -0.1) is 0 Å². The molecule has 3 heterocycles. The fraction of sp³-hybridized carbons (Fsp3) is 0.304. The smallest absolute Gasteiger partial charge is 0.270 e. The predicted octanol–water partition coefficient (Wildman–Crippen LogP) is 3.33. The number of Topliss-reactive ketones (excluding diaryl/α,β-unsaturated/α-hetero) is 1. The van der Waals surface area contributed by atoms with Crippen molar-refractivity contribution in [3.63, 3.8) is 0 Å². The summed E-state index contributed by atoms with van der Waals surface area (Å²) in [5.41, 5.74) is 3.12. The van der Waals surface area contributed by atoms with Crippen molar-refractivity contribution in [3.8, 4) is 0 Å². The van der Waals surface area contributed by atoms with Crippen LogP contribution in [0.4, 0.5) is 5.95 Å². The molecule has 1 atom stereocenters. The Morgan fingerprint density at radius 1 is 1.06 bits per heavy atom. The number of hydrogen-bond donors (Lipinski definition) is 1. The molecular formula is C23H22ClN5O2. The highest BCUT2D eigenvalue weighted by Crippen LogP contribution is 2.33. The van der Waals surface area contributed by atoms with Crippen molar-refractivity contribution in [3.05, 3.63) is 76.3 Å². The molecule has 1 saturated heterocycles. The van der Waals surface area contributed by atoms with Gasteiger partial charge < -0.3 is 14.8 Å². The van der Waals surface area contributed by atoms with Crippen LogP contribution in [0, 0.1) is 0 Å². The zero-order valence-corrected chi connectivity index (χ0v) is 17.7. The maximum absolute atomic E-state index is 12.7. The number of halogens is 1. The van der Waals surface area contributed by atoms with Gasteiger partial charge >= 0.3 is 0 Å². The molecule has 1 fully saturated rings. The van der Waals surface area contributed by atoms with E-state index in [9.17, 15) is 9.59 Å². The lowest BCUT2D eigenvalue weighted by Crippen LogP contribution is -2.49. The summed E-state index contributed by atoms with van der Waals surface area (Å²) in [4.78, 5) is 41.3. The van der Waals surface area contributed by atoms with E-state index in [0.29, 0.717) is 61.2 Å². The topological polar surface area (TPSA) is 82.2 Å². The van der Waals surface area contributed by atoms with Gasteiger partial charge in [-0.1, -0.05) is 23.7 Å². The van der Waals surface area contributed by atoms with Crippen molar-refractivity contribution in [2.45, 2.75) is 18.8 Å². The molecule has 2 aromatic heterocycles. The van der Waals surface area contributed by atoms with E-state index in [0.717, 1.165) is 11.3 Å². The molecule has 1 aliphatic carbocycles. The number of ketones is 1. The highest BCUT2D eigenvalue weighted by molar-refractivity contribution is 6.30. The summed E-state index contributed by atoms with van der Waals surface area (Å²) >= 11 is 6.01. The van der Waals surface area contributed by atoms with E-state index in [2.05, 4.69) is 14.9 Å². The van der Waals surface area contributed by atoms with Crippen molar-refractivity contribution < 1.29 is 9.59 Å². The van der Waals surface area contributed by atoms with Gasteiger partial charge in [-0.2, -0.15) is 0 Å². The molecule has 8 heteroatoms. The monoisotopic (exact) mass is 435 g/mol. The molecule has 31 heavy (non-hydrogen) atoms. The summed E-state index contributed by atoms with van der Waals surface area (Å²) in [6, 6.07) is 11.3. The number of nitrogens with zero attached hydrogens (tertiary/aromatic N) is 4. The number of anilines is 1. The maximum atomic E-state index is 12.7. The Morgan fingerprint density at radius 3 is 2.55 bits per heavy atom. The Bertz CT molecular complexity index is 1110. The summed E-state index contributed by atoms with van der Waals surface area (Å²) in [6.07, 6.45) is 4.57. The first-order chi connectivity index (χ1) is 15.1. The minimum atomic E-state index is 0.00686. The molecule has 3 aromatic rings. The minimum Gasteiger partial charge on any atom is -0.357 e. The number of hydrogen-bond acceptors (Lipinski definition) is 5. The lowest BCUT2D eigenvalue weighted by molar-refractivity contribution is 0.0740. The number of carbonyl (C=O) groups excluding carboxylic acids is 2. The van der Waals surface area contributed by atoms with Gasteiger partial charge in [-0.3, -0.25) is 9.59 Å². The van der Waals surface area contributed by atoms with E-state index in [1.165, 1.54) is 0 Å². The number of aromatic nitrogens is 3. The number of H-pyrrole nitrogens is 1. The Kier molecular flexibility index (Phi) is 5.19. The van der Waals surface area contributed by atoms with Crippen LogP contribution in [-0.4, -0.2) is 57.7 Å². The first kappa shape index (κ1) is 19.8. The highest BCUT2D eigenvalue weighted by atomic mass is 35.5. The maximum Gasteiger partial charge on any atom is 0.270 e. The zero-order chi connectivity index (χ0) is 21.4. The number of fused-ring (bicyclic) bond motifs is 1. The predicted molar refractivity (Wildman–Crippen MR) is 118 cm³/mol. The highest BCUT2D eigenvalue weighted by Gasteiger charge is 2.30. The van der Waals surface area contributed by atoms with Crippen LogP contribution >= 0.6 is 11.6 Å². The van der Waals surface area contributed by atoms with Crippen LogP contribution in [-0.2, 0) is 6.42 Å². The third kappa shape index (κ3) is 3.93. The summed E-state index contributed by atoms with van der Waals surface area (Å²) in [6.45, 7) is 2.51. The quantitative estimate of drug-likeness (QED) is 0.682. The summed E-state index contributed by atoms with van der Waals surface area (Å²) in [5.74, 6) is 0.798. The number of amides is 1. The Labute approximate surface area is 185 Å². The van der Waals surface area contributed by atoms with Crippen LogP contribution in [0.2, 0.25) is 5.02 Å². The molecule has 5 rings (SSSR count). The van der Waals surface area contributed by atoms with Gasteiger partial charge in [0.2, 0.25) is 5.95 Å². The fourth-order valence-corrected chi connectivity index (χ4v) is 4.43. The molecule has 2 aliphatic rings. The van der Waals surface area contributed by atoms with Crippen molar-refractivity contribution in [2.75, 3.05) is 31.1 Å². The standard InChI is InChI=1S/C23H22ClN5O2/c24-17-5-3-15(4-6-17)16-12-20-18(21(30)13-16)14-26-23(27-20)29-10-8-28(9-11-29)22(31)19-2-1-7-25-19/h1-7,14,16,25H,8-13H2. The average molecular weight is 436 g/mol. The Balaban J connectivity index is 1.30. The molecule has 1 aliphatic heterocycles. The van der Waals surface area contributed by atoms with E-state index >= 15 is 0 Å². The molecule has 1 amide bonds. The van der Waals surface area contributed by atoms with Crippen LogP contribution in [0.5, 0.6) is 0 Å². The lowest BCUT2D eigenvalue weighted by atomic mass is 9.82.